The minimum atomic E-state index is -0.463. The smallest absolute Gasteiger partial charge is 0.275 e. The number of rotatable bonds is 6. The van der Waals surface area contributed by atoms with Crippen LogP contribution in [-0.2, 0) is 6.61 Å². The predicted octanol–water partition coefficient (Wildman–Crippen LogP) is 4.13. The highest BCUT2D eigenvalue weighted by atomic mass is 16.5. The van der Waals surface area contributed by atoms with Gasteiger partial charge in [0, 0.05) is 0 Å². The molecule has 0 heterocycles. The molecule has 0 bridgehead atoms. The maximum Gasteiger partial charge on any atom is 0.275 e. The second-order valence-electron chi connectivity index (χ2n) is 5.95. The minimum absolute atomic E-state index is 0.0808. The van der Waals surface area contributed by atoms with Crippen LogP contribution in [0.25, 0.3) is 0 Å². The summed E-state index contributed by atoms with van der Waals surface area (Å²) >= 11 is 0. The molecule has 3 rings (SSSR count). The summed E-state index contributed by atoms with van der Waals surface area (Å²) < 4.78 is 5.76. The highest BCUT2D eigenvalue weighted by molar-refractivity contribution is 6.01. The quantitative estimate of drug-likeness (QED) is 0.513. The van der Waals surface area contributed by atoms with Gasteiger partial charge in [-0.15, -0.1) is 0 Å². The molecule has 0 aliphatic carbocycles. The second-order valence-corrected chi connectivity index (χ2v) is 5.95. The van der Waals surface area contributed by atoms with E-state index in [1.165, 1.54) is 12.1 Å². The number of benzene rings is 3. The lowest BCUT2D eigenvalue weighted by Gasteiger charge is -2.08. The number of carbonyl (C=O) groups is 1. The molecule has 3 aromatic carbocycles. The minimum Gasteiger partial charge on any atom is -0.507 e. The first kappa shape index (κ1) is 18.2. The fourth-order valence-corrected chi connectivity index (χ4v) is 2.46. The van der Waals surface area contributed by atoms with Crippen LogP contribution in [0.15, 0.2) is 84.0 Å². The van der Waals surface area contributed by atoms with Gasteiger partial charge in [-0.1, -0.05) is 42.5 Å². The summed E-state index contributed by atoms with van der Waals surface area (Å²) in [5, 5.41) is 13.8. The average molecular weight is 360 g/mol. The second kappa shape index (κ2) is 8.67. The van der Waals surface area contributed by atoms with Crippen LogP contribution in [0.4, 0.5) is 0 Å². The van der Waals surface area contributed by atoms with E-state index in [-0.39, 0.29) is 11.3 Å². The van der Waals surface area contributed by atoms with Crippen molar-refractivity contribution in [1.82, 2.24) is 5.43 Å². The predicted molar refractivity (Wildman–Crippen MR) is 105 cm³/mol. The first-order chi connectivity index (χ1) is 13.1. The van der Waals surface area contributed by atoms with E-state index in [9.17, 15) is 9.90 Å². The first-order valence-electron chi connectivity index (χ1n) is 8.53. The molecule has 0 unspecified atom stereocenters. The van der Waals surface area contributed by atoms with Gasteiger partial charge in [0.2, 0.25) is 0 Å². The van der Waals surface area contributed by atoms with Crippen molar-refractivity contribution in [3.8, 4) is 11.5 Å². The Morgan fingerprint density at radius 2 is 1.63 bits per heavy atom. The van der Waals surface area contributed by atoms with Crippen LogP contribution < -0.4 is 10.2 Å². The van der Waals surface area contributed by atoms with Gasteiger partial charge in [0.15, 0.2) is 0 Å². The molecule has 0 radical (unpaired) electrons. The molecule has 0 aliphatic rings. The zero-order valence-corrected chi connectivity index (χ0v) is 14.9. The summed E-state index contributed by atoms with van der Waals surface area (Å²) in [7, 11) is 0. The van der Waals surface area contributed by atoms with Crippen LogP contribution in [-0.4, -0.2) is 16.7 Å². The molecule has 5 heteroatoms. The van der Waals surface area contributed by atoms with Crippen LogP contribution in [0.1, 0.15) is 28.4 Å². The molecule has 136 valence electrons. The number of nitrogens with one attached hydrogen (secondary N) is 1. The van der Waals surface area contributed by atoms with E-state index in [1.807, 2.05) is 54.6 Å². The summed E-state index contributed by atoms with van der Waals surface area (Å²) in [5.41, 5.74) is 5.25. The highest BCUT2D eigenvalue weighted by Crippen LogP contribution is 2.16. The Kier molecular flexibility index (Phi) is 5.84. The Balaban J connectivity index is 1.59. The molecule has 27 heavy (non-hydrogen) atoms. The Morgan fingerprint density at radius 3 is 2.33 bits per heavy atom. The van der Waals surface area contributed by atoms with Gasteiger partial charge in [0.25, 0.3) is 5.91 Å². The van der Waals surface area contributed by atoms with Crippen molar-refractivity contribution in [3.63, 3.8) is 0 Å². The molecule has 1 amide bonds. The van der Waals surface area contributed by atoms with E-state index >= 15 is 0 Å². The number of aromatic hydroxyl groups is 1. The number of ether oxygens (including phenoxy) is 1. The summed E-state index contributed by atoms with van der Waals surface area (Å²) in [5.74, 6) is 0.215. The van der Waals surface area contributed by atoms with Gasteiger partial charge in [0.05, 0.1) is 11.3 Å². The largest absolute Gasteiger partial charge is 0.507 e. The molecular weight excluding hydrogens is 340 g/mol. The number of nitrogens with zero attached hydrogens (tertiary/aromatic N) is 1. The molecular formula is C22H20N2O3. The number of para-hydroxylation sites is 1. The maximum absolute atomic E-state index is 12.1. The zero-order valence-electron chi connectivity index (χ0n) is 14.9. The van der Waals surface area contributed by atoms with Crippen LogP contribution in [0, 0.1) is 0 Å². The first-order valence-corrected chi connectivity index (χ1v) is 8.53. The Hall–Kier alpha value is -3.60. The van der Waals surface area contributed by atoms with Crippen LogP contribution >= 0.6 is 0 Å². The monoisotopic (exact) mass is 360 g/mol. The van der Waals surface area contributed by atoms with E-state index in [2.05, 4.69) is 10.5 Å². The lowest BCUT2D eigenvalue weighted by Crippen LogP contribution is -2.19. The van der Waals surface area contributed by atoms with Crippen molar-refractivity contribution in [1.29, 1.82) is 0 Å². The van der Waals surface area contributed by atoms with E-state index in [0.29, 0.717) is 12.3 Å². The molecule has 5 nitrogen and oxygen atoms in total. The third-order valence-electron chi connectivity index (χ3n) is 3.99. The summed E-state index contributed by atoms with van der Waals surface area (Å²) in [6, 6.07) is 23.8. The van der Waals surface area contributed by atoms with Gasteiger partial charge in [-0.3, -0.25) is 4.79 Å². The van der Waals surface area contributed by atoms with Gasteiger partial charge in [-0.05, 0) is 54.4 Å². The molecule has 0 fully saturated rings. The van der Waals surface area contributed by atoms with Crippen molar-refractivity contribution >= 4 is 11.6 Å². The molecule has 0 spiro atoms. The number of carbonyl (C=O) groups excluding carboxylic acids is 1. The van der Waals surface area contributed by atoms with Gasteiger partial charge in [-0.25, -0.2) is 5.43 Å². The van der Waals surface area contributed by atoms with Crippen LogP contribution in [0.3, 0.4) is 0 Å². The topological polar surface area (TPSA) is 70.9 Å². The van der Waals surface area contributed by atoms with Gasteiger partial charge < -0.3 is 9.84 Å². The molecule has 0 saturated carbocycles. The Bertz CT molecular complexity index is 935. The van der Waals surface area contributed by atoms with Crippen molar-refractivity contribution in [2.75, 3.05) is 0 Å². The molecule has 2 N–H and O–H groups in total. The molecule has 0 aromatic heterocycles. The number of hydrazone groups is 1. The fourth-order valence-electron chi connectivity index (χ4n) is 2.46. The summed E-state index contributed by atoms with van der Waals surface area (Å²) in [4.78, 5) is 12.1. The summed E-state index contributed by atoms with van der Waals surface area (Å²) in [6.07, 6.45) is 0. The fraction of sp³-hybridized carbons (Fsp3) is 0.0909. The number of phenolic OH excluding ortho intramolecular Hbond substituents is 1. The van der Waals surface area contributed by atoms with E-state index in [4.69, 9.17) is 4.74 Å². The Morgan fingerprint density at radius 1 is 0.963 bits per heavy atom. The van der Waals surface area contributed by atoms with Crippen LogP contribution in [0.2, 0.25) is 0 Å². The van der Waals surface area contributed by atoms with E-state index in [1.54, 1.807) is 19.1 Å². The molecule has 3 aromatic rings. The standard InChI is InChI=1S/C22H20N2O3/c1-16(23-24-22(26)20-9-5-6-10-21(20)25)18-11-13-19(14-12-18)27-15-17-7-3-2-4-8-17/h2-14,25H,15H2,1H3,(H,24,26)/b23-16-. The average Bonchev–Trinajstić information content (AvgIpc) is 2.72. The van der Waals surface area contributed by atoms with Crippen molar-refractivity contribution < 1.29 is 14.6 Å². The maximum atomic E-state index is 12.1. The van der Waals surface area contributed by atoms with E-state index in [0.717, 1.165) is 16.9 Å². The van der Waals surface area contributed by atoms with Crippen molar-refractivity contribution in [2.45, 2.75) is 13.5 Å². The number of phenols is 1. The lowest BCUT2D eigenvalue weighted by atomic mass is 10.1. The van der Waals surface area contributed by atoms with Crippen molar-refractivity contribution in [3.05, 3.63) is 95.6 Å². The zero-order chi connectivity index (χ0) is 19.1. The third kappa shape index (κ3) is 4.95. The van der Waals surface area contributed by atoms with Crippen molar-refractivity contribution in [2.24, 2.45) is 5.10 Å². The van der Waals surface area contributed by atoms with Crippen LogP contribution in [0.5, 0.6) is 11.5 Å². The van der Waals surface area contributed by atoms with Gasteiger partial charge in [-0.2, -0.15) is 5.10 Å². The SMILES string of the molecule is C/C(=N/NC(=O)c1ccccc1O)c1ccc(OCc2ccccc2)cc1. The number of hydrogen-bond donors (Lipinski definition) is 2. The number of amides is 1. The third-order valence-corrected chi connectivity index (χ3v) is 3.99. The normalized spacial score (nSPS) is 11.1. The van der Waals surface area contributed by atoms with Gasteiger partial charge in [0.1, 0.15) is 18.1 Å². The molecule has 0 aliphatic heterocycles. The summed E-state index contributed by atoms with van der Waals surface area (Å²) in [6.45, 7) is 2.30. The Labute approximate surface area is 157 Å². The highest BCUT2D eigenvalue weighted by Gasteiger charge is 2.09. The van der Waals surface area contributed by atoms with Gasteiger partial charge >= 0.3 is 0 Å². The molecule has 0 atom stereocenters. The van der Waals surface area contributed by atoms with E-state index < -0.39 is 5.91 Å². The lowest BCUT2D eigenvalue weighted by molar-refractivity contribution is 0.0952. The molecule has 0 saturated heterocycles. The number of hydrogen-bond acceptors (Lipinski definition) is 4.